The van der Waals surface area contributed by atoms with Gasteiger partial charge in [0.05, 0.1) is 11.1 Å². The van der Waals surface area contributed by atoms with Gasteiger partial charge in [0.25, 0.3) is 5.91 Å². The number of aromatic nitrogens is 1. The molecule has 0 bridgehead atoms. The number of benzene rings is 2. The van der Waals surface area contributed by atoms with Crippen LogP contribution in [0.1, 0.15) is 36.5 Å². The van der Waals surface area contributed by atoms with Crippen molar-refractivity contribution in [3.8, 4) is 17.2 Å². The van der Waals surface area contributed by atoms with Gasteiger partial charge < -0.3 is 29.3 Å². The first kappa shape index (κ1) is 26.6. The lowest BCUT2D eigenvalue weighted by molar-refractivity contribution is -0.131. The minimum atomic E-state index is -0.626. The van der Waals surface area contributed by atoms with Crippen molar-refractivity contribution in [3.63, 3.8) is 0 Å². The van der Waals surface area contributed by atoms with E-state index >= 15 is 4.39 Å². The topological polar surface area (TPSA) is 87.1 Å². The van der Waals surface area contributed by atoms with Crippen LogP contribution >= 0.6 is 11.6 Å². The molecule has 0 radical (unpaired) electrons. The van der Waals surface area contributed by atoms with Crippen LogP contribution in [0, 0.1) is 5.82 Å². The Hall–Kier alpha value is -3.63. The van der Waals surface area contributed by atoms with Crippen LogP contribution in [0.15, 0.2) is 35.3 Å². The highest BCUT2D eigenvalue weighted by Crippen LogP contribution is 2.47. The molecule has 3 aliphatic rings. The highest BCUT2D eigenvalue weighted by molar-refractivity contribution is 6.30. The van der Waals surface area contributed by atoms with Gasteiger partial charge in [0.1, 0.15) is 16.8 Å². The first-order valence-electron chi connectivity index (χ1n) is 13.8. The van der Waals surface area contributed by atoms with E-state index in [4.69, 9.17) is 16.3 Å². The predicted molar refractivity (Wildman–Crippen MR) is 152 cm³/mol. The molecule has 0 unspecified atom stereocenters. The summed E-state index contributed by atoms with van der Waals surface area (Å²) < 4.78 is 23.9. The van der Waals surface area contributed by atoms with Gasteiger partial charge in [-0.15, -0.1) is 0 Å². The van der Waals surface area contributed by atoms with Gasteiger partial charge in [-0.2, -0.15) is 0 Å². The van der Waals surface area contributed by atoms with Crippen molar-refractivity contribution >= 4 is 40.0 Å². The molecule has 40 heavy (non-hydrogen) atoms. The summed E-state index contributed by atoms with van der Waals surface area (Å²) in [7, 11) is 0. The van der Waals surface area contributed by atoms with Crippen LogP contribution in [-0.4, -0.2) is 78.5 Å². The number of amides is 2. The molecular formula is C29H31ClFN5O4. The summed E-state index contributed by atoms with van der Waals surface area (Å²) in [5.41, 5.74) is 0.566. The Balaban J connectivity index is 1.42. The normalized spacial score (nSPS) is 16.7. The summed E-state index contributed by atoms with van der Waals surface area (Å²) in [6, 6.07) is 6.27. The van der Waals surface area contributed by atoms with E-state index in [1.54, 1.807) is 27.7 Å². The zero-order chi connectivity index (χ0) is 28.0. The summed E-state index contributed by atoms with van der Waals surface area (Å²) in [5, 5.41) is 3.36. The SMILES string of the molecule is CCC(=O)N1CCN(c2c(F)cc3c(=O)c(C(=O)NCCN4CCCC4)cn4c3c2Oc2cc(Cl)ccc2-4)CC1. The van der Waals surface area contributed by atoms with Crippen LogP contribution < -0.4 is 20.4 Å². The molecule has 6 rings (SSSR count). The third-order valence-corrected chi connectivity index (χ3v) is 8.21. The molecule has 2 fully saturated rings. The largest absolute Gasteiger partial charge is 0.451 e. The van der Waals surface area contributed by atoms with Crippen LogP contribution in [0.5, 0.6) is 11.5 Å². The number of halogens is 2. The summed E-state index contributed by atoms with van der Waals surface area (Å²) in [6.45, 7) is 6.69. The van der Waals surface area contributed by atoms with Gasteiger partial charge in [-0.05, 0) is 44.1 Å². The number of carbonyl (C=O) groups excluding carboxylic acids is 2. The number of nitrogens with zero attached hydrogens (tertiary/aromatic N) is 4. The standard InChI is InChI=1S/C29H31ClFN5O4/c1-2-24(37)34-11-13-35(14-12-34)26-21(31)16-19-25-28(26)40-23-15-18(30)5-6-22(23)36(25)17-20(27(19)38)29(39)32-7-10-33-8-3-4-9-33/h5-6,15-17H,2-4,7-14H2,1H3,(H,32,39). The lowest BCUT2D eigenvalue weighted by Gasteiger charge is -2.37. The smallest absolute Gasteiger partial charge is 0.256 e. The lowest BCUT2D eigenvalue weighted by Crippen LogP contribution is -2.49. The summed E-state index contributed by atoms with van der Waals surface area (Å²) in [4.78, 5) is 44.9. The molecule has 0 atom stereocenters. The van der Waals surface area contributed by atoms with Crippen LogP contribution in [0.3, 0.4) is 0 Å². The Labute approximate surface area is 236 Å². The monoisotopic (exact) mass is 567 g/mol. The third-order valence-electron chi connectivity index (χ3n) is 7.97. The predicted octanol–water partition coefficient (Wildman–Crippen LogP) is 3.77. The number of anilines is 1. The number of nitrogens with one attached hydrogen (secondary N) is 1. The average molecular weight is 568 g/mol. The molecule has 210 valence electrons. The Morgan fingerprint density at radius 3 is 2.55 bits per heavy atom. The maximum absolute atomic E-state index is 15.9. The molecule has 9 nitrogen and oxygen atoms in total. The van der Waals surface area contributed by atoms with E-state index in [0.717, 1.165) is 25.9 Å². The molecule has 1 aromatic heterocycles. The van der Waals surface area contributed by atoms with Crippen molar-refractivity contribution in [2.45, 2.75) is 26.2 Å². The van der Waals surface area contributed by atoms with Gasteiger partial charge in [-0.1, -0.05) is 18.5 Å². The molecule has 11 heteroatoms. The first-order valence-corrected chi connectivity index (χ1v) is 14.2. The van der Waals surface area contributed by atoms with Crippen molar-refractivity contribution in [3.05, 3.63) is 57.1 Å². The van der Waals surface area contributed by atoms with Crippen LogP contribution in [0.25, 0.3) is 16.6 Å². The summed E-state index contributed by atoms with van der Waals surface area (Å²) in [6.07, 6.45) is 4.22. The fourth-order valence-corrected chi connectivity index (χ4v) is 6.03. The second-order valence-corrected chi connectivity index (χ2v) is 10.9. The van der Waals surface area contributed by atoms with Gasteiger partial charge in [-0.25, -0.2) is 4.39 Å². The van der Waals surface area contributed by atoms with E-state index in [9.17, 15) is 14.4 Å². The van der Waals surface area contributed by atoms with Crippen LogP contribution in [-0.2, 0) is 4.79 Å². The van der Waals surface area contributed by atoms with Crippen molar-refractivity contribution in [2.75, 3.05) is 57.3 Å². The fraction of sp³-hybridized carbons (Fsp3) is 0.414. The fourth-order valence-electron chi connectivity index (χ4n) is 5.87. The molecule has 2 amide bonds. The quantitative estimate of drug-likeness (QED) is 0.382. The highest BCUT2D eigenvalue weighted by atomic mass is 35.5. The number of pyridine rings is 1. The maximum Gasteiger partial charge on any atom is 0.256 e. The Bertz CT molecular complexity index is 1560. The molecule has 2 aromatic carbocycles. The van der Waals surface area contributed by atoms with Gasteiger partial charge in [0, 0.05) is 63.0 Å². The average Bonchev–Trinajstić information content (AvgIpc) is 3.47. The molecule has 0 saturated carbocycles. The van der Waals surface area contributed by atoms with E-state index in [0.29, 0.717) is 67.7 Å². The van der Waals surface area contributed by atoms with Gasteiger partial charge in [-0.3, -0.25) is 14.4 Å². The number of rotatable bonds is 6. The van der Waals surface area contributed by atoms with E-state index in [2.05, 4.69) is 10.2 Å². The number of fused-ring (bicyclic) bond motifs is 2. The maximum atomic E-state index is 15.9. The molecule has 4 heterocycles. The van der Waals surface area contributed by atoms with Crippen molar-refractivity contribution in [1.82, 2.24) is 19.7 Å². The molecule has 0 aliphatic carbocycles. The highest BCUT2D eigenvalue weighted by Gasteiger charge is 2.32. The number of piperazine rings is 1. The van der Waals surface area contributed by atoms with E-state index in [-0.39, 0.29) is 28.3 Å². The van der Waals surface area contributed by atoms with Crippen LogP contribution in [0.4, 0.5) is 10.1 Å². The summed E-state index contributed by atoms with van der Waals surface area (Å²) >= 11 is 6.27. The van der Waals surface area contributed by atoms with Gasteiger partial charge >= 0.3 is 0 Å². The molecule has 3 aliphatic heterocycles. The number of hydrogen-bond acceptors (Lipinski definition) is 6. The van der Waals surface area contributed by atoms with Crippen molar-refractivity contribution in [1.29, 1.82) is 0 Å². The minimum absolute atomic E-state index is 0.0554. The van der Waals surface area contributed by atoms with Crippen molar-refractivity contribution < 1.29 is 18.7 Å². The molecular weight excluding hydrogens is 537 g/mol. The van der Waals surface area contributed by atoms with Crippen molar-refractivity contribution in [2.24, 2.45) is 0 Å². The van der Waals surface area contributed by atoms with Crippen LogP contribution in [0.2, 0.25) is 5.02 Å². The number of carbonyl (C=O) groups is 2. The molecule has 0 spiro atoms. The zero-order valence-corrected chi connectivity index (χ0v) is 23.1. The van der Waals surface area contributed by atoms with Gasteiger partial charge in [0.2, 0.25) is 11.3 Å². The number of hydrogen-bond donors (Lipinski definition) is 1. The zero-order valence-electron chi connectivity index (χ0n) is 22.3. The van der Waals surface area contributed by atoms with E-state index in [1.165, 1.54) is 12.3 Å². The Kier molecular flexibility index (Phi) is 7.14. The van der Waals surface area contributed by atoms with E-state index < -0.39 is 17.2 Å². The first-order chi connectivity index (χ1) is 19.4. The Morgan fingerprint density at radius 2 is 1.82 bits per heavy atom. The third kappa shape index (κ3) is 4.69. The van der Waals surface area contributed by atoms with E-state index in [1.807, 2.05) is 11.8 Å². The molecule has 2 saturated heterocycles. The molecule has 3 aromatic rings. The second kappa shape index (κ2) is 10.7. The molecule has 1 N–H and O–H groups in total. The van der Waals surface area contributed by atoms with Gasteiger partial charge in [0.15, 0.2) is 17.3 Å². The minimum Gasteiger partial charge on any atom is -0.451 e. The number of likely N-dealkylation sites (tertiary alicyclic amines) is 1. The summed E-state index contributed by atoms with van der Waals surface area (Å²) in [5.74, 6) is -0.493. The lowest BCUT2D eigenvalue weighted by atomic mass is 10.0. The number of ether oxygens (including phenoxy) is 1. The Morgan fingerprint density at radius 1 is 1.07 bits per heavy atom. The second-order valence-electron chi connectivity index (χ2n) is 10.4.